The van der Waals surface area contributed by atoms with Crippen molar-refractivity contribution in [2.24, 2.45) is 5.92 Å². The zero-order chi connectivity index (χ0) is 30.4. The number of ether oxygens (including phenoxy) is 1. The van der Waals surface area contributed by atoms with Gasteiger partial charge in [0.15, 0.2) is 5.60 Å². The average Bonchev–Trinajstić information content (AvgIpc) is 3.20. The third-order valence-electron chi connectivity index (χ3n) is 8.32. The van der Waals surface area contributed by atoms with Gasteiger partial charge in [-0.2, -0.15) is 0 Å². The van der Waals surface area contributed by atoms with Gasteiger partial charge in [-0.1, -0.05) is 47.5 Å². The summed E-state index contributed by atoms with van der Waals surface area (Å²) in [6.45, 7) is 4.34. The van der Waals surface area contributed by atoms with Gasteiger partial charge in [-0.3, -0.25) is 14.4 Å². The van der Waals surface area contributed by atoms with Gasteiger partial charge in [-0.15, -0.1) is 0 Å². The molecule has 0 aromatic heterocycles. The van der Waals surface area contributed by atoms with Crippen molar-refractivity contribution in [3.8, 4) is 5.75 Å². The van der Waals surface area contributed by atoms with Crippen LogP contribution in [0.15, 0.2) is 60.7 Å². The number of carbonyl (C=O) groups excluding carboxylic acids is 3. The summed E-state index contributed by atoms with van der Waals surface area (Å²) < 4.78 is 22.5. The van der Waals surface area contributed by atoms with E-state index in [2.05, 4.69) is 16.0 Å². The van der Waals surface area contributed by atoms with E-state index in [9.17, 15) is 14.4 Å². The average molecular weight is 617 g/mol. The molecule has 1 saturated heterocycles. The highest BCUT2D eigenvalue weighted by molar-refractivity contribution is 6.31. The number of anilines is 1. The van der Waals surface area contributed by atoms with Crippen molar-refractivity contribution >= 4 is 46.6 Å². The molecule has 222 valence electrons. The van der Waals surface area contributed by atoms with Gasteiger partial charge in [0.05, 0.1) is 12.6 Å². The molecule has 3 aliphatic rings. The molecule has 2 unspecified atom stereocenters. The highest BCUT2D eigenvalue weighted by Crippen LogP contribution is 2.57. The summed E-state index contributed by atoms with van der Waals surface area (Å²) in [5, 5.41) is 18.4. The van der Waals surface area contributed by atoms with Gasteiger partial charge in [-0.05, 0) is 62.7 Å². The predicted molar refractivity (Wildman–Crippen MR) is 159 cm³/mol. The molecule has 1 spiro atoms. The van der Waals surface area contributed by atoms with Crippen LogP contribution >= 0.6 is 23.2 Å². The maximum atomic E-state index is 16.2. The smallest absolute Gasteiger partial charge is 0.263 e. The van der Waals surface area contributed by atoms with E-state index in [-0.39, 0.29) is 31.2 Å². The third-order valence-corrected chi connectivity index (χ3v) is 8.79. The molecule has 0 radical (unpaired) electrons. The van der Waals surface area contributed by atoms with Crippen LogP contribution in [0.2, 0.25) is 10.0 Å². The van der Waals surface area contributed by atoms with Gasteiger partial charge < -0.3 is 25.8 Å². The van der Waals surface area contributed by atoms with E-state index in [1.165, 1.54) is 13.0 Å². The number of hydrogen-bond donors (Lipinski definition) is 4. The predicted octanol–water partition coefficient (Wildman–Crippen LogP) is 4.59. The molecule has 0 saturated carbocycles. The van der Waals surface area contributed by atoms with E-state index in [1.807, 2.05) is 0 Å². The Hall–Kier alpha value is -3.40. The summed E-state index contributed by atoms with van der Waals surface area (Å²) in [6, 6.07) is 8.79. The normalized spacial score (nSPS) is 28.3. The molecule has 2 aliphatic heterocycles. The molecular weight excluding hydrogens is 584 g/mol. The van der Waals surface area contributed by atoms with Crippen LogP contribution in [0.4, 0.5) is 10.1 Å². The molecule has 42 heavy (non-hydrogen) atoms. The first-order valence-corrected chi connectivity index (χ1v) is 14.4. The molecule has 4 N–H and O–H groups in total. The Morgan fingerprint density at radius 3 is 2.60 bits per heavy atom. The summed E-state index contributed by atoms with van der Waals surface area (Å²) in [5.41, 5.74) is -3.37. The Morgan fingerprint density at radius 1 is 1.17 bits per heavy atom. The number of allylic oxidation sites excluding steroid dienone is 3. The van der Waals surface area contributed by atoms with Gasteiger partial charge in [0.25, 0.3) is 5.91 Å². The van der Waals surface area contributed by atoms with E-state index in [0.29, 0.717) is 26.9 Å². The quantitative estimate of drug-likeness (QED) is 0.363. The topological polar surface area (TPSA) is 117 Å². The Bertz CT molecular complexity index is 1510. The van der Waals surface area contributed by atoms with Gasteiger partial charge in [0.1, 0.15) is 16.8 Å². The first kappa shape index (κ1) is 30.1. The molecule has 2 heterocycles. The zero-order valence-corrected chi connectivity index (χ0v) is 24.9. The lowest BCUT2D eigenvalue weighted by atomic mass is 9.56. The van der Waals surface area contributed by atoms with Crippen LogP contribution in [0.5, 0.6) is 5.75 Å². The minimum Gasteiger partial charge on any atom is -0.478 e. The lowest BCUT2D eigenvalue weighted by Crippen LogP contribution is -2.66. The summed E-state index contributed by atoms with van der Waals surface area (Å²) in [7, 11) is 0. The number of aliphatic hydroxyl groups is 1. The van der Waals surface area contributed by atoms with Crippen molar-refractivity contribution < 1.29 is 28.6 Å². The van der Waals surface area contributed by atoms with Crippen LogP contribution in [0, 0.1) is 5.92 Å². The van der Waals surface area contributed by atoms with E-state index in [4.69, 9.17) is 33.0 Å². The SMILES string of the molecule is CC(C)(Oc1ccc(Cl)cc1[C@H]1CC(=O)N[C@@H](C2C=CC=CC2(C)F)[C@]12C(=O)Nc1cc(Cl)ccc12)C(=O)NCCO. The molecule has 0 bridgehead atoms. The van der Waals surface area contributed by atoms with Gasteiger partial charge in [-0.25, -0.2) is 4.39 Å². The lowest BCUT2D eigenvalue weighted by molar-refractivity contribution is -0.135. The molecule has 1 fully saturated rings. The fourth-order valence-corrected chi connectivity index (χ4v) is 6.73. The van der Waals surface area contributed by atoms with Crippen molar-refractivity contribution in [3.63, 3.8) is 0 Å². The van der Waals surface area contributed by atoms with Gasteiger partial charge in [0.2, 0.25) is 11.8 Å². The molecule has 11 heteroatoms. The van der Waals surface area contributed by atoms with E-state index < -0.39 is 46.4 Å². The summed E-state index contributed by atoms with van der Waals surface area (Å²) in [5.74, 6) is -2.84. The van der Waals surface area contributed by atoms with Crippen LogP contribution in [-0.2, 0) is 19.8 Å². The van der Waals surface area contributed by atoms with Crippen molar-refractivity contribution in [1.29, 1.82) is 0 Å². The van der Waals surface area contributed by atoms with Crippen LogP contribution in [0.3, 0.4) is 0 Å². The van der Waals surface area contributed by atoms with E-state index in [0.717, 1.165) is 0 Å². The van der Waals surface area contributed by atoms with Gasteiger partial charge >= 0.3 is 0 Å². The second-order valence-corrected chi connectivity index (χ2v) is 12.4. The van der Waals surface area contributed by atoms with Crippen LogP contribution in [0.25, 0.3) is 0 Å². The second kappa shape index (κ2) is 11.0. The van der Waals surface area contributed by atoms with E-state index >= 15 is 4.39 Å². The number of rotatable bonds is 7. The first-order valence-electron chi connectivity index (χ1n) is 13.6. The molecule has 5 atom stereocenters. The summed E-state index contributed by atoms with van der Waals surface area (Å²) >= 11 is 12.8. The van der Waals surface area contributed by atoms with Crippen LogP contribution in [0.1, 0.15) is 44.2 Å². The maximum Gasteiger partial charge on any atom is 0.263 e. The number of nitrogens with one attached hydrogen (secondary N) is 3. The molecule has 5 rings (SSSR count). The second-order valence-electron chi connectivity index (χ2n) is 11.5. The maximum absolute atomic E-state index is 16.2. The summed E-state index contributed by atoms with van der Waals surface area (Å²) in [4.78, 5) is 40.7. The van der Waals surface area contributed by atoms with Gasteiger partial charge in [0, 0.05) is 46.1 Å². The van der Waals surface area contributed by atoms with E-state index in [1.54, 1.807) is 68.5 Å². The Morgan fingerprint density at radius 2 is 1.88 bits per heavy atom. The largest absolute Gasteiger partial charge is 0.478 e. The monoisotopic (exact) mass is 615 g/mol. The Labute approximate surface area is 253 Å². The number of hydrogen-bond acceptors (Lipinski definition) is 5. The summed E-state index contributed by atoms with van der Waals surface area (Å²) in [6.07, 6.45) is 6.24. The lowest BCUT2D eigenvalue weighted by Gasteiger charge is -2.50. The minimum atomic E-state index is -1.89. The number of amides is 3. The first-order chi connectivity index (χ1) is 19.8. The van der Waals surface area contributed by atoms with Crippen molar-refractivity contribution in [1.82, 2.24) is 10.6 Å². The highest BCUT2D eigenvalue weighted by Gasteiger charge is 2.64. The van der Waals surface area contributed by atoms with Crippen molar-refractivity contribution in [3.05, 3.63) is 81.9 Å². The number of fused-ring (bicyclic) bond motifs is 2. The standard InChI is InChI=1S/C31H32Cl2FN3O5/c1-29(2,27(40)35-12-13-38)42-24-10-8-17(32)14-19(24)22-16-25(39)37-26(21-6-4-5-11-30(21,3)34)31(22)20-9-7-18(33)15-23(20)36-28(31)41/h4-11,14-15,21-22,26,38H,12-13,16H2,1-3H3,(H,35,40)(H,36,41)(H,37,39)/t21?,22-,26+,30?,31-/m1/s1. The van der Waals surface area contributed by atoms with Crippen molar-refractivity contribution in [2.45, 2.75) is 55.8 Å². The number of carbonyl (C=O) groups is 3. The number of alkyl halides is 1. The van der Waals surface area contributed by atoms with Crippen LogP contribution in [-0.4, -0.2) is 53.3 Å². The molecule has 1 aliphatic carbocycles. The van der Waals surface area contributed by atoms with Crippen molar-refractivity contribution in [2.75, 3.05) is 18.5 Å². The number of aliphatic hydroxyl groups excluding tert-OH is 1. The molecule has 2 aromatic carbocycles. The highest BCUT2D eigenvalue weighted by atomic mass is 35.5. The number of halogens is 3. The zero-order valence-electron chi connectivity index (χ0n) is 23.3. The third kappa shape index (κ3) is 5.08. The number of benzene rings is 2. The molecule has 2 aromatic rings. The Kier molecular flexibility index (Phi) is 7.89. The fraction of sp³-hybridized carbons (Fsp3) is 0.387. The minimum absolute atomic E-state index is 0.0392. The Balaban J connectivity index is 1.73. The fourth-order valence-electron chi connectivity index (χ4n) is 6.37. The molecule has 8 nitrogen and oxygen atoms in total. The number of piperidine rings is 1. The molecular formula is C31H32Cl2FN3O5. The van der Waals surface area contributed by atoms with Crippen LogP contribution < -0.4 is 20.7 Å². The molecule has 3 amide bonds.